The van der Waals surface area contributed by atoms with Crippen molar-refractivity contribution in [2.45, 2.75) is 125 Å². The standard InChI is InChI=1S/C35H51N5.C4H10.CH2O2/c1-5-7-8-9-11-29-21-32(23-34(22-29)40-27(4)20-26(3)38-40)30(6-2)25-39-19-17-28(24-39)13-15-33-16-14-31-12-10-18-36-35(31)37-33;1-4(2)3;2-1-3/h14,16,20-23,28,30H,5-13,15,17-19,24-25H2,1-4H3,(H,36,37);4H,1-3H3;1H,(H,2,3). The van der Waals surface area contributed by atoms with E-state index < -0.39 is 0 Å². The van der Waals surface area contributed by atoms with E-state index in [0.29, 0.717) is 5.92 Å². The van der Waals surface area contributed by atoms with E-state index in [-0.39, 0.29) is 6.47 Å². The first-order chi connectivity index (χ1) is 22.7. The molecule has 0 saturated carbocycles. The number of anilines is 1. The Balaban J connectivity index is 0.000000784. The Morgan fingerprint density at radius 1 is 1.04 bits per heavy atom. The van der Waals surface area contributed by atoms with Gasteiger partial charge >= 0.3 is 0 Å². The summed E-state index contributed by atoms with van der Waals surface area (Å²) in [5.74, 6) is 3.30. The largest absolute Gasteiger partial charge is 0.483 e. The molecule has 2 aromatic heterocycles. The molecular weight excluding hydrogens is 582 g/mol. The zero-order valence-corrected chi connectivity index (χ0v) is 30.5. The Kier molecular flexibility index (Phi) is 16.5. The Labute approximate surface area is 285 Å². The van der Waals surface area contributed by atoms with Gasteiger partial charge in [-0.25, -0.2) is 9.67 Å². The number of aromatic nitrogens is 3. The van der Waals surface area contributed by atoms with Crippen LogP contribution < -0.4 is 5.32 Å². The number of carboxylic acid groups (broad SMARTS) is 1. The normalized spacial score (nSPS) is 16.4. The SMILES string of the molecule is CC(C)C.CCCCCCc1cc(C(CC)CN2CCC(CCc3ccc4c(n3)NCCC4)C2)cc(-n2nc(C)cc2C)c1.O=CO. The number of nitrogens with one attached hydrogen (secondary N) is 1. The number of benzene rings is 1. The number of hydrogen-bond donors (Lipinski definition) is 2. The summed E-state index contributed by atoms with van der Waals surface area (Å²) in [7, 11) is 0. The van der Waals surface area contributed by atoms with Gasteiger partial charge in [-0.05, 0) is 130 Å². The highest BCUT2D eigenvalue weighted by Gasteiger charge is 2.25. The highest BCUT2D eigenvalue weighted by Crippen LogP contribution is 2.30. The molecule has 2 aliphatic rings. The van der Waals surface area contributed by atoms with E-state index >= 15 is 0 Å². The fourth-order valence-electron chi connectivity index (χ4n) is 6.80. The quantitative estimate of drug-likeness (QED) is 0.142. The van der Waals surface area contributed by atoms with Crippen LogP contribution in [0.2, 0.25) is 0 Å². The highest BCUT2D eigenvalue weighted by molar-refractivity contribution is 5.47. The maximum atomic E-state index is 8.36. The van der Waals surface area contributed by atoms with Crippen LogP contribution in [0.4, 0.5) is 5.82 Å². The van der Waals surface area contributed by atoms with E-state index in [2.05, 4.69) is 99.8 Å². The van der Waals surface area contributed by atoms with Crippen molar-refractivity contribution in [3.63, 3.8) is 0 Å². The smallest absolute Gasteiger partial charge is 0.290 e. The summed E-state index contributed by atoms with van der Waals surface area (Å²) in [4.78, 5) is 16.0. The van der Waals surface area contributed by atoms with Gasteiger partial charge in [-0.1, -0.05) is 66.0 Å². The number of unbranched alkanes of at least 4 members (excludes halogenated alkanes) is 3. The lowest BCUT2D eigenvalue weighted by atomic mass is 9.92. The molecule has 0 aliphatic carbocycles. The molecule has 5 rings (SSSR count). The van der Waals surface area contributed by atoms with Crippen molar-refractivity contribution in [1.29, 1.82) is 0 Å². The minimum Gasteiger partial charge on any atom is -0.483 e. The second kappa shape index (κ2) is 20.2. The molecule has 2 N–H and O–H groups in total. The molecule has 2 aliphatic heterocycles. The molecule has 4 heterocycles. The van der Waals surface area contributed by atoms with Crippen molar-refractivity contribution in [3.8, 4) is 5.69 Å². The number of rotatable bonds is 13. The van der Waals surface area contributed by atoms with Crippen LogP contribution >= 0.6 is 0 Å². The van der Waals surface area contributed by atoms with Gasteiger partial charge in [0, 0.05) is 31.0 Å². The van der Waals surface area contributed by atoms with Crippen LogP contribution in [-0.4, -0.2) is 57.4 Å². The number of likely N-dealkylation sites (tertiary alicyclic amines) is 1. The molecular formula is C40H63N5O2. The van der Waals surface area contributed by atoms with Crippen LogP contribution in [0.5, 0.6) is 0 Å². The summed E-state index contributed by atoms with van der Waals surface area (Å²) < 4.78 is 2.15. The second-order valence-electron chi connectivity index (χ2n) is 14.3. The number of carbonyl (C=O) groups is 1. The van der Waals surface area contributed by atoms with Crippen LogP contribution in [0, 0.1) is 25.7 Å². The van der Waals surface area contributed by atoms with E-state index in [1.807, 2.05) is 0 Å². The van der Waals surface area contributed by atoms with Crippen LogP contribution in [0.15, 0.2) is 36.4 Å². The first-order valence-electron chi connectivity index (χ1n) is 18.4. The fourth-order valence-corrected chi connectivity index (χ4v) is 6.80. The van der Waals surface area contributed by atoms with E-state index in [1.165, 1.54) is 98.2 Å². The second-order valence-corrected chi connectivity index (χ2v) is 14.3. The maximum Gasteiger partial charge on any atom is 0.290 e. The van der Waals surface area contributed by atoms with Crippen molar-refractivity contribution >= 4 is 12.3 Å². The third-order valence-corrected chi connectivity index (χ3v) is 9.15. The van der Waals surface area contributed by atoms with Gasteiger partial charge in [-0.3, -0.25) is 4.79 Å². The molecule has 2 unspecified atom stereocenters. The maximum absolute atomic E-state index is 8.36. The third-order valence-electron chi connectivity index (χ3n) is 9.15. The van der Waals surface area contributed by atoms with Gasteiger partial charge in [-0.15, -0.1) is 0 Å². The summed E-state index contributed by atoms with van der Waals surface area (Å²) in [6.07, 6.45) is 13.6. The van der Waals surface area contributed by atoms with Crippen molar-refractivity contribution in [2.24, 2.45) is 11.8 Å². The van der Waals surface area contributed by atoms with E-state index in [9.17, 15) is 0 Å². The van der Waals surface area contributed by atoms with E-state index in [1.54, 1.807) is 0 Å². The minimum absolute atomic E-state index is 0.250. The predicted octanol–water partition coefficient (Wildman–Crippen LogP) is 9.18. The van der Waals surface area contributed by atoms with Crippen molar-refractivity contribution in [2.75, 3.05) is 31.5 Å². The van der Waals surface area contributed by atoms with Crippen molar-refractivity contribution in [3.05, 3.63) is 70.2 Å². The van der Waals surface area contributed by atoms with Gasteiger partial charge < -0.3 is 15.3 Å². The molecule has 2 atom stereocenters. The average Bonchev–Trinajstić information content (AvgIpc) is 3.65. The zero-order valence-electron chi connectivity index (χ0n) is 30.5. The average molecular weight is 646 g/mol. The molecule has 0 amide bonds. The fraction of sp³-hybridized carbons (Fsp3) is 0.625. The Hall–Kier alpha value is -3.19. The van der Waals surface area contributed by atoms with E-state index in [0.717, 1.165) is 55.7 Å². The van der Waals surface area contributed by atoms with Crippen molar-refractivity contribution < 1.29 is 9.90 Å². The monoisotopic (exact) mass is 645 g/mol. The third kappa shape index (κ3) is 12.7. The topological polar surface area (TPSA) is 83.3 Å². The highest BCUT2D eigenvalue weighted by atomic mass is 16.3. The molecule has 3 aromatic rings. The number of pyridine rings is 1. The van der Waals surface area contributed by atoms with Gasteiger partial charge in [0.25, 0.3) is 6.47 Å². The first kappa shape index (κ1) is 38.3. The lowest BCUT2D eigenvalue weighted by molar-refractivity contribution is -0.122. The number of aryl methyl sites for hydroxylation is 5. The van der Waals surface area contributed by atoms with Crippen molar-refractivity contribution in [1.82, 2.24) is 19.7 Å². The molecule has 0 radical (unpaired) electrons. The molecule has 47 heavy (non-hydrogen) atoms. The number of hydrogen-bond acceptors (Lipinski definition) is 5. The molecule has 0 bridgehead atoms. The molecule has 1 saturated heterocycles. The lowest BCUT2D eigenvalue weighted by Crippen LogP contribution is -2.26. The predicted molar refractivity (Wildman–Crippen MR) is 197 cm³/mol. The van der Waals surface area contributed by atoms with Crippen LogP contribution in [0.25, 0.3) is 5.69 Å². The van der Waals surface area contributed by atoms with Gasteiger partial charge in [0.2, 0.25) is 0 Å². The Morgan fingerprint density at radius 3 is 2.49 bits per heavy atom. The summed E-state index contributed by atoms with van der Waals surface area (Å²) in [5.41, 5.74) is 9.14. The Morgan fingerprint density at radius 2 is 1.81 bits per heavy atom. The molecule has 7 heteroatoms. The molecule has 1 aromatic carbocycles. The summed E-state index contributed by atoms with van der Waals surface area (Å²) in [6.45, 7) is 19.8. The minimum atomic E-state index is -0.250. The van der Waals surface area contributed by atoms with Gasteiger partial charge in [0.05, 0.1) is 11.4 Å². The van der Waals surface area contributed by atoms with Crippen LogP contribution in [-0.2, 0) is 24.1 Å². The lowest BCUT2D eigenvalue weighted by Gasteiger charge is -2.25. The van der Waals surface area contributed by atoms with E-state index in [4.69, 9.17) is 20.0 Å². The molecule has 260 valence electrons. The van der Waals surface area contributed by atoms with Gasteiger partial charge in [-0.2, -0.15) is 5.10 Å². The van der Waals surface area contributed by atoms with Gasteiger partial charge in [0.15, 0.2) is 0 Å². The summed E-state index contributed by atoms with van der Waals surface area (Å²) in [6, 6.07) is 14.1. The number of fused-ring (bicyclic) bond motifs is 1. The summed E-state index contributed by atoms with van der Waals surface area (Å²) in [5, 5.41) is 15.2. The van der Waals surface area contributed by atoms with Gasteiger partial charge in [0.1, 0.15) is 5.82 Å². The molecule has 0 spiro atoms. The zero-order chi connectivity index (χ0) is 34.2. The molecule has 7 nitrogen and oxygen atoms in total. The van der Waals surface area contributed by atoms with Crippen LogP contribution in [0.1, 0.15) is 126 Å². The first-order valence-corrected chi connectivity index (χ1v) is 18.4. The number of nitrogens with zero attached hydrogens (tertiary/aromatic N) is 4. The Bertz CT molecular complexity index is 1350. The summed E-state index contributed by atoms with van der Waals surface area (Å²) >= 11 is 0. The van der Waals surface area contributed by atoms with Crippen LogP contribution in [0.3, 0.4) is 0 Å². The molecule has 1 fully saturated rings.